The van der Waals surface area contributed by atoms with Gasteiger partial charge in [-0.15, -0.1) is 0 Å². The molecule has 0 radical (unpaired) electrons. The van der Waals surface area contributed by atoms with Crippen molar-refractivity contribution in [3.05, 3.63) is 64.1 Å². The summed E-state index contributed by atoms with van der Waals surface area (Å²) >= 11 is 3.35. The van der Waals surface area contributed by atoms with Crippen LogP contribution in [0.5, 0.6) is 11.5 Å². The van der Waals surface area contributed by atoms with Gasteiger partial charge in [0.15, 0.2) is 18.1 Å². The number of hydrogen-bond donors (Lipinski definition) is 2. The van der Waals surface area contributed by atoms with E-state index >= 15 is 0 Å². The minimum absolute atomic E-state index is 0.167. The summed E-state index contributed by atoms with van der Waals surface area (Å²) in [5.41, 5.74) is 1.61. The summed E-state index contributed by atoms with van der Waals surface area (Å²) < 4.78 is 11.4. The van der Waals surface area contributed by atoms with Crippen LogP contribution in [0.4, 0.5) is 0 Å². The van der Waals surface area contributed by atoms with Gasteiger partial charge in [0.2, 0.25) is 0 Å². The zero-order valence-corrected chi connectivity index (χ0v) is 15.7. The first-order valence-corrected chi connectivity index (χ1v) is 8.51. The number of carbonyl (C=O) groups excluding carboxylic acids is 1. The van der Waals surface area contributed by atoms with Gasteiger partial charge in [0.25, 0.3) is 5.91 Å². The Morgan fingerprint density at radius 3 is 2.58 bits per heavy atom. The smallest absolute Gasteiger partial charge is 0.328 e. The number of methoxy groups -OCH3 is 1. The second kappa shape index (κ2) is 9.62. The second-order valence-corrected chi connectivity index (χ2v) is 6.10. The summed E-state index contributed by atoms with van der Waals surface area (Å²) in [6.45, 7) is 0.253. The number of carbonyl (C=O) groups is 2. The molecule has 0 saturated heterocycles. The Morgan fingerprint density at radius 2 is 1.92 bits per heavy atom. The molecule has 0 aliphatic rings. The highest BCUT2D eigenvalue weighted by molar-refractivity contribution is 9.10. The molecule has 7 heteroatoms. The number of amides is 1. The number of halogens is 1. The molecule has 0 aliphatic carbocycles. The van der Waals surface area contributed by atoms with Gasteiger partial charge in [-0.1, -0.05) is 46.3 Å². The van der Waals surface area contributed by atoms with E-state index in [1.165, 1.54) is 13.2 Å². The van der Waals surface area contributed by atoms with E-state index in [9.17, 15) is 9.59 Å². The Labute approximate surface area is 159 Å². The maximum Gasteiger partial charge on any atom is 0.328 e. The van der Waals surface area contributed by atoms with Gasteiger partial charge < -0.3 is 19.9 Å². The highest BCUT2D eigenvalue weighted by Crippen LogP contribution is 2.34. The molecular weight excluding hydrogens is 402 g/mol. The van der Waals surface area contributed by atoms with Crippen molar-refractivity contribution in [3.8, 4) is 11.5 Å². The van der Waals surface area contributed by atoms with Gasteiger partial charge in [0, 0.05) is 17.1 Å². The van der Waals surface area contributed by atoms with Crippen LogP contribution < -0.4 is 14.8 Å². The number of aliphatic carboxylic acids is 1. The van der Waals surface area contributed by atoms with E-state index in [2.05, 4.69) is 21.2 Å². The lowest BCUT2D eigenvalue weighted by Gasteiger charge is -2.13. The molecule has 0 spiro atoms. The highest BCUT2D eigenvalue weighted by atomic mass is 79.9. The van der Waals surface area contributed by atoms with Gasteiger partial charge in [0.05, 0.1) is 7.11 Å². The first-order chi connectivity index (χ1) is 12.5. The van der Waals surface area contributed by atoms with Crippen LogP contribution in [0.25, 0.3) is 6.08 Å². The van der Waals surface area contributed by atoms with Crippen LogP contribution in [-0.2, 0) is 16.1 Å². The van der Waals surface area contributed by atoms with E-state index < -0.39 is 5.97 Å². The molecule has 0 bridgehead atoms. The third-order valence-electron chi connectivity index (χ3n) is 3.38. The van der Waals surface area contributed by atoms with Crippen LogP contribution in [0.3, 0.4) is 0 Å². The molecule has 2 aromatic carbocycles. The molecule has 0 unspecified atom stereocenters. The van der Waals surface area contributed by atoms with Crippen molar-refractivity contribution in [1.29, 1.82) is 0 Å². The fourth-order valence-corrected chi connectivity index (χ4v) is 2.56. The van der Waals surface area contributed by atoms with Crippen molar-refractivity contribution in [2.75, 3.05) is 13.7 Å². The van der Waals surface area contributed by atoms with Gasteiger partial charge >= 0.3 is 5.97 Å². The minimum atomic E-state index is -1.05. The fourth-order valence-electron chi connectivity index (χ4n) is 2.10. The summed E-state index contributed by atoms with van der Waals surface area (Å²) in [5, 5.41) is 11.5. The Hall–Kier alpha value is -2.80. The normalized spacial score (nSPS) is 10.5. The highest BCUT2D eigenvalue weighted by Gasteiger charge is 2.11. The molecule has 0 aromatic heterocycles. The quantitative estimate of drug-likeness (QED) is 0.641. The van der Waals surface area contributed by atoms with Crippen LogP contribution in [0.1, 0.15) is 11.1 Å². The molecule has 2 rings (SSSR count). The van der Waals surface area contributed by atoms with Crippen LogP contribution >= 0.6 is 15.9 Å². The molecule has 2 aromatic rings. The molecule has 0 heterocycles. The standard InChI is InChI=1S/C19H18BrNO5/c1-25-16-9-14(7-8-19(23)24)15(20)10-17(16)26-12-18(22)21-11-13-5-3-2-4-6-13/h2-10H,11-12H2,1H3,(H,21,22)(H,23,24). The third kappa shape index (κ3) is 5.93. The topological polar surface area (TPSA) is 84.9 Å². The predicted octanol–water partition coefficient (Wildman–Crippen LogP) is 3.25. The van der Waals surface area contributed by atoms with Crippen molar-refractivity contribution >= 4 is 33.9 Å². The fraction of sp³-hybridized carbons (Fsp3) is 0.158. The first kappa shape index (κ1) is 19.5. The summed E-state index contributed by atoms with van der Waals surface area (Å²) in [7, 11) is 1.47. The minimum Gasteiger partial charge on any atom is -0.493 e. The molecule has 26 heavy (non-hydrogen) atoms. The lowest BCUT2D eigenvalue weighted by atomic mass is 10.2. The van der Waals surface area contributed by atoms with Crippen LogP contribution in [-0.4, -0.2) is 30.7 Å². The van der Waals surface area contributed by atoms with Crippen LogP contribution in [0.15, 0.2) is 53.0 Å². The molecular formula is C19H18BrNO5. The Bertz CT molecular complexity index is 805. The van der Waals surface area contributed by atoms with Crippen molar-refractivity contribution in [2.45, 2.75) is 6.54 Å². The number of carboxylic acid groups (broad SMARTS) is 1. The van der Waals surface area contributed by atoms with Crippen molar-refractivity contribution in [1.82, 2.24) is 5.32 Å². The molecule has 1 amide bonds. The zero-order valence-electron chi connectivity index (χ0n) is 14.1. The SMILES string of the molecule is COc1cc(C=CC(=O)O)c(Br)cc1OCC(=O)NCc1ccccc1. The molecule has 0 saturated carbocycles. The van der Waals surface area contributed by atoms with Gasteiger partial charge in [-0.3, -0.25) is 4.79 Å². The van der Waals surface area contributed by atoms with E-state index in [1.807, 2.05) is 30.3 Å². The van der Waals surface area contributed by atoms with Crippen LogP contribution in [0, 0.1) is 0 Å². The summed E-state index contributed by atoms with van der Waals surface area (Å²) in [6, 6.07) is 12.8. The second-order valence-electron chi connectivity index (χ2n) is 5.25. The number of benzene rings is 2. The number of carboxylic acids is 1. The number of nitrogens with one attached hydrogen (secondary N) is 1. The maximum atomic E-state index is 12.0. The van der Waals surface area contributed by atoms with Crippen LogP contribution in [0.2, 0.25) is 0 Å². The molecule has 0 atom stereocenters. The van der Waals surface area contributed by atoms with E-state index in [-0.39, 0.29) is 12.5 Å². The van der Waals surface area contributed by atoms with Gasteiger partial charge in [-0.25, -0.2) is 4.79 Å². The molecule has 0 aliphatic heterocycles. The first-order valence-electron chi connectivity index (χ1n) is 7.71. The maximum absolute atomic E-state index is 12.0. The van der Waals surface area contributed by atoms with E-state index in [0.717, 1.165) is 11.6 Å². The van der Waals surface area contributed by atoms with E-state index in [0.29, 0.717) is 28.1 Å². The summed E-state index contributed by atoms with van der Waals surface area (Å²) in [5.74, 6) is -0.538. The lowest BCUT2D eigenvalue weighted by molar-refractivity contribution is -0.131. The lowest BCUT2D eigenvalue weighted by Crippen LogP contribution is -2.28. The van der Waals surface area contributed by atoms with E-state index in [1.54, 1.807) is 12.1 Å². The van der Waals surface area contributed by atoms with Gasteiger partial charge in [0.1, 0.15) is 0 Å². The largest absolute Gasteiger partial charge is 0.493 e. The average molecular weight is 420 g/mol. The zero-order chi connectivity index (χ0) is 18.9. The van der Waals surface area contributed by atoms with Crippen molar-refractivity contribution in [2.24, 2.45) is 0 Å². The number of ether oxygens (including phenoxy) is 2. The Morgan fingerprint density at radius 1 is 1.19 bits per heavy atom. The van der Waals surface area contributed by atoms with Gasteiger partial charge in [-0.05, 0) is 29.3 Å². The van der Waals surface area contributed by atoms with Crippen molar-refractivity contribution in [3.63, 3.8) is 0 Å². The molecule has 6 nitrogen and oxygen atoms in total. The molecule has 0 fully saturated rings. The number of rotatable bonds is 8. The third-order valence-corrected chi connectivity index (χ3v) is 4.07. The summed E-state index contributed by atoms with van der Waals surface area (Å²) in [6.07, 6.45) is 2.46. The summed E-state index contributed by atoms with van der Waals surface area (Å²) in [4.78, 5) is 22.6. The average Bonchev–Trinajstić information content (AvgIpc) is 2.64. The monoisotopic (exact) mass is 419 g/mol. The Balaban J connectivity index is 1.98. The molecule has 136 valence electrons. The Kier molecular flexibility index (Phi) is 7.23. The van der Waals surface area contributed by atoms with Crippen molar-refractivity contribution < 1.29 is 24.2 Å². The number of hydrogen-bond acceptors (Lipinski definition) is 4. The van der Waals surface area contributed by atoms with Gasteiger partial charge in [-0.2, -0.15) is 0 Å². The molecule has 2 N–H and O–H groups in total. The van der Waals surface area contributed by atoms with E-state index in [4.69, 9.17) is 14.6 Å². The predicted molar refractivity (Wildman–Crippen MR) is 101 cm³/mol.